The number of methoxy groups -OCH3 is 2. The summed E-state index contributed by atoms with van der Waals surface area (Å²) in [5.41, 5.74) is 10.0. The number of alkyl carbamates (subject to hydrolysis) is 1. The predicted octanol–water partition coefficient (Wildman–Crippen LogP) is 9.47. The third kappa shape index (κ3) is 10.8. The molecule has 2 atom stereocenters. The third-order valence-electron chi connectivity index (χ3n) is 11.3. The Morgan fingerprint density at radius 1 is 0.635 bits per heavy atom. The van der Waals surface area contributed by atoms with Gasteiger partial charge in [-0.1, -0.05) is 120 Å². The van der Waals surface area contributed by atoms with Crippen LogP contribution in [0.2, 0.25) is 0 Å². The summed E-state index contributed by atoms with van der Waals surface area (Å²) in [7, 11) is 3.13. The molecule has 1 aliphatic carbocycles. The number of rotatable bonds is 18. The number of benzene rings is 6. The maximum absolute atomic E-state index is 14.3. The smallest absolute Gasteiger partial charge is 0.407 e. The Hall–Kier alpha value is -6.72. The van der Waals surface area contributed by atoms with Crippen molar-refractivity contribution in [3.8, 4) is 28.4 Å². The van der Waals surface area contributed by atoms with Gasteiger partial charge in [-0.3, -0.25) is 9.59 Å². The van der Waals surface area contributed by atoms with Crippen molar-refractivity contribution in [2.75, 3.05) is 39.4 Å². The molecule has 1 aliphatic rings. The molecule has 6 aromatic rings. The van der Waals surface area contributed by atoms with E-state index in [1.807, 2.05) is 111 Å². The van der Waals surface area contributed by atoms with Crippen LogP contribution in [-0.4, -0.2) is 63.4 Å². The van der Waals surface area contributed by atoms with E-state index < -0.39 is 24.1 Å². The highest BCUT2D eigenvalue weighted by Crippen LogP contribution is 2.44. The maximum atomic E-state index is 14.3. The molecule has 0 fully saturated rings. The number of thioether (sulfide) groups is 1. The van der Waals surface area contributed by atoms with E-state index in [0.717, 1.165) is 44.5 Å². The summed E-state index contributed by atoms with van der Waals surface area (Å²) in [6.45, 7) is 3.97. The second kappa shape index (κ2) is 20.9. The van der Waals surface area contributed by atoms with Gasteiger partial charge in [0.05, 0.1) is 26.3 Å². The number of amides is 3. The molecule has 0 aliphatic heterocycles. The highest BCUT2D eigenvalue weighted by molar-refractivity contribution is 7.98. The van der Waals surface area contributed by atoms with Gasteiger partial charge in [-0.25, -0.2) is 4.79 Å². The first-order valence-corrected chi connectivity index (χ1v) is 22.3. The van der Waals surface area contributed by atoms with Gasteiger partial charge in [0.15, 0.2) is 6.61 Å². The molecule has 11 heteroatoms. The van der Waals surface area contributed by atoms with Crippen LogP contribution in [0, 0.1) is 13.8 Å². The lowest BCUT2D eigenvalue weighted by atomic mass is 9.96. The largest absolute Gasteiger partial charge is 0.497 e. The van der Waals surface area contributed by atoms with Gasteiger partial charge < -0.3 is 34.9 Å². The molecule has 10 nitrogen and oxygen atoms in total. The molecule has 3 N–H and O–H groups in total. The molecule has 0 aromatic heterocycles. The van der Waals surface area contributed by atoms with E-state index in [-0.39, 0.29) is 31.1 Å². The fourth-order valence-electron chi connectivity index (χ4n) is 7.91. The van der Waals surface area contributed by atoms with E-state index in [1.165, 1.54) is 0 Å². The first-order chi connectivity index (χ1) is 30.6. The number of ether oxygens (including phenoxy) is 4. The van der Waals surface area contributed by atoms with Crippen molar-refractivity contribution in [3.05, 3.63) is 184 Å². The summed E-state index contributed by atoms with van der Waals surface area (Å²) in [5, 5.41) is 9.19. The first kappa shape index (κ1) is 44.3. The van der Waals surface area contributed by atoms with E-state index in [4.69, 9.17) is 18.9 Å². The minimum absolute atomic E-state index is 0.121. The Morgan fingerprint density at radius 2 is 1.19 bits per heavy atom. The van der Waals surface area contributed by atoms with Crippen molar-refractivity contribution in [3.63, 3.8) is 0 Å². The zero-order valence-corrected chi connectivity index (χ0v) is 37.0. The monoisotopic (exact) mass is 863 g/mol. The summed E-state index contributed by atoms with van der Waals surface area (Å²) >= 11 is 1.58. The van der Waals surface area contributed by atoms with E-state index in [2.05, 4.69) is 40.2 Å². The van der Waals surface area contributed by atoms with Crippen LogP contribution in [0.15, 0.2) is 140 Å². The van der Waals surface area contributed by atoms with Gasteiger partial charge in [0.25, 0.3) is 5.91 Å². The molecule has 3 amide bonds. The van der Waals surface area contributed by atoms with Gasteiger partial charge in [-0.2, -0.15) is 11.8 Å². The van der Waals surface area contributed by atoms with Crippen LogP contribution in [0.4, 0.5) is 4.79 Å². The van der Waals surface area contributed by atoms with Gasteiger partial charge >= 0.3 is 6.09 Å². The van der Waals surface area contributed by atoms with Crippen LogP contribution >= 0.6 is 11.8 Å². The molecule has 0 saturated heterocycles. The highest BCUT2D eigenvalue weighted by Gasteiger charge is 2.31. The molecule has 0 spiro atoms. The van der Waals surface area contributed by atoms with E-state index >= 15 is 0 Å². The molecule has 0 saturated carbocycles. The quantitative estimate of drug-likeness (QED) is 0.0781. The number of fused-ring (bicyclic) bond motifs is 3. The molecule has 0 radical (unpaired) electrons. The number of hydrogen-bond donors (Lipinski definition) is 3. The molecule has 324 valence electrons. The number of aryl methyl sites for hydroxylation is 2. The average Bonchev–Trinajstić information content (AvgIpc) is 3.63. The van der Waals surface area contributed by atoms with Crippen LogP contribution in [0.25, 0.3) is 11.1 Å². The number of carbonyl (C=O) groups excluding carboxylic acids is 3. The minimum atomic E-state index is -0.899. The fourth-order valence-corrected chi connectivity index (χ4v) is 8.38. The molecule has 63 heavy (non-hydrogen) atoms. The lowest BCUT2D eigenvalue weighted by Crippen LogP contribution is -2.48. The van der Waals surface area contributed by atoms with Crippen molar-refractivity contribution in [1.82, 2.24) is 16.0 Å². The third-order valence-corrected chi connectivity index (χ3v) is 12.0. The Bertz CT molecular complexity index is 2420. The fraction of sp³-hybridized carbons (Fsp3) is 0.250. The predicted molar refractivity (Wildman–Crippen MR) is 249 cm³/mol. The SMILES string of the molecule is COc1ccc(C(NC(=O)[C@@H](CCSC)NC(=O)OCC2c3ccccc3-c3ccccc32)c2ccc(OCC(=O)NC(c3ccc(C)cc3)c3ccc(C)cc3)cc2)c(OC)c1. The Balaban J connectivity index is 1.05. The molecule has 1 unspecified atom stereocenters. The van der Waals surface area contributed by atoms with Crippen molar-refractivity contribution in [1.29, 1.82) is 0 Å². The summed E-state index contributed by atoms with van der Waals surface area (Å²) in [5.74, 6) is 1.38. The van der Waals surface area contributed by atoms with Crippen LogP contribution in [0.5, 0.6) is 17.2 Å². The molecule has 0 bridgehead atoms. The van der Waals surface area contributed by atoms with Crippen LogP contribution in [0.3, 0.4) is 0 Å². The number of carbonyl (C=O) groups is 3. The molecule has 7 rings (SSSR count). The summed E-state index contributed by atoms with van der Waals surface area (Å²) in [6, 6.07) is 43.1. The standard InChI is InChI=1S/C52H53N3O7S/c1-33-14-18-35(19-15-33)49(36-20-16-34(2)17-21-36)54-48(56)32-61-38-24-22-37(23-25-38)50(44-27-26-39(59-3)30-47(44)60-4)55-51(57)46(28-29-63-5)53-52(58)62-31-45-42-12-8-6-10-40(42)41-11-7-9-13-43(41)45/h6-27,30,45-46,49-50H,28-29,31-32H2,1-5H3,(H,53,58)(H,54,56)(H,55,57)/t46-,50?/m1/s1. The summed E-state index contributed by atoms with van der Waals surface area (Å²) < 4.78 is 23.1. The first-order valence-electron chi connectivity index (χ1n) is 20.9. The molecular formula is C52H53N3O7S. The van der Waals surface area contributed by atoms with Gasteiger partial charge in [0.2, 0.25) is 5.91 Å². The van der Waals surface area contributed by atoms with Gasteiger partial charge in [-0.05, 0) is 95.5 Å². The second-order valence-corrected chi connectivity index (χ2v) is 16.5. The topological polar surface area (TPSA) is 124 Å². The van der Waals surface area contributed by atoms with Gasteiger partial charge in [0.1, 0.15) is 29.9 Å². The van der Waals surface area contributed by atoms with E-state index in [0.29, 0.717) is 40.5 Å². The summed E-state index contributed by atoms with van der Waals surface area (Å²) in [6.07, 6.45) is 1.64. The summed E-state index contributed by atoms with van der Waals surface area (Å²) in [4.78, 5) is 41.2. The molecule has 0 heterocycles. The number of hydrogen-bond acceptors (Lipinski definition) is 8. The highest BCUT2D eigenvalue weighted by atomic mass is 32.2. The Kier molecular flexibility index (Phi) is 14.7. The van der Waals surface area contributed by atoms with E-state index in [9.17, 15) is 14.4 Å². The van der Waals surface area contributed by atoms with Crippen LogP contribution < -0.4 is 30.2 Å². The number of nitrogens with one attached hydrogen (secondary N) is 3. The van der Waals surface area contributed by atoms with Crippen molar-refractivity contribution in [2.24, 2.45) is 0 Å². The Labute approximate surface area is 373 Å². The maximum Gasteiger partial charge on any atom is 0.407 e. The lowest BCUT2D eigenvalue weighted by Gasteiger charge is -2.26. The zero-order valence-electron chi connectivity index (χ0n) is 36.2. The zero-order chi connectivity index (χ0) is 44.3. The second-order valence-electron chi connectivity index (χ2n) is 15.5. The normalized spacial score (nSPS) is 12.7. The van der Waals surface area contributed by atoms with Gasteiger partial charge in [0, 0.05) is 17.5 Å². The van der Waals surface area contributed by atoms with Crippen LogP contribution in [0.1, 0.15) is 68.9 Å². The molecular weight excluding hydrogens is 811 g/mol. The van der Waals surface area contributed by atoms with Gasteiger partial charge in [-0.15, -0.1) is 0 Å². The lowest BCUT2D eigenvalue weighted by molar-refractivity contribution is -0.124. The van der Waals surface area contributed by atoms with Crippen molar-refractivity contribution in [2.45, 2.75) is 44.3 Å². The van der Waals surface area contributed by atoms with Crippen molar-refractivity contribution < 1.29 is 33.3 Å². The Morgan fingerprint density at radius 3 is 1.76 bits per heavy atom. The van der Waals surface area contributed by atoms with Crippen LogP contribution in [-0.2, 0) is 14.3 Å². The van der Waals surface area contributed by atoms with Crippen molar-refractivity contribution >= 4 is 29.7 Å². The molecule has 6 aromatic carbocycles. The van der Waals surface area contributed by atoms with E-state index in [1.54, 1.807) is 50.2 Å². The minimum Gasteiger partial charge on any atom is -0.497 e. The average molecular weight is 864 g/mol.